The highest BCUT2D eigenvalue weighted by atomic mass is 16.4. The number of anilines is 1. The van der Waals surface area contributed by atoms with Crippen LogP contribution in [-0.4, -0.2) is 35.1 Å². The zero-order valence-electron chi connectivity index (χ0n) is 10.0. The molecule has 3 N–H and O–H groups in total. The van der Waals surface area contributed by atoms with Crippen molar-refractivity contribution in [2.24, 2.45) is 17.6 Å². The van der Waals surface area contributed by atoms with Gasteiger partial charge in [-0.2, -0.15) is 0 Å². The van der Waals surface area contributed by atoms with Crippen molar-refractivity contribution in [3.8, 4) is 0 Å². The zero-order valence-corrected chi connectivity index (χ0v) is 10.0. The van der Waals surface area contributed by atoms with E-state index in [1.165, 1.54) is 0 Å². The Kier molecular flexibility index (Phi) is 3.18. The quantitative estimate of drug-likeness (QED) is 0.805. The summed E-state index contributed by atoms with van der Waals surface area (Å²) in [5.74, 6) is -1.32. The number of aliphatic carboxylic acids is 1. The lowest BCUT2D eigenvalue weighted by atomic mass is 9.99. The summed E-state index contributed by atoms with van der Waals surface area (Å²) in [6.45, 7) is 2.80. The number of carbonyl (C=O) groups is 2. The third kappa shape index (κ3) is 2.13. The number of amides is 1. The van der Waals surface area contributed by atoms with Crippen molar-refractivity contribution in [2.45, 2.75) is 6.92 Å². The van der Waals surface area contributed by atoms with Gasteiger partial charge in [-0.15, -0.1) is 0 Å². The van der Waals surface area contributed by atoms with E-state index in [-0.39, 0.29) is 5.92 Å². The van der Waals surface area contributed by atoms with Crippen LogP contribution in [0.1, 0.15) is 17.3 Å². The molecule has 0 aromatic carbocycles. The molecule has 0 radical (unpaired) electrons. The van der Waals surface area contributed by atoms with Gasteiger partial charge in [0, 0.05) is 19.3 Å². The molecule has 2 unspecified atom stereocenters. The van der Waals surface area contributed by atoms with Crippen LogP contribution in [0.15, 0.2) is 18.3 Å². The number of primary amides is 1. The number of carboxylic acid groups (broad SMARTS) is 1. The average Bonchev–Trinajstić information content (AvgIpc) is 2.71. The molecule has 1 aliphatic rings. The molecule has 1 saturated heterocycles. The molecule has 0 spiro atoms. The minimum Gasteiger partial charge on any atom is -0.481 e. The fraction of sp³-hybridized carbons (Fsp3) is 0.417. The largest absolute Gasteiger partial charge is 0.481 e. The third-order valence-corrected chi connectivity index (χ3v) is 3.28. The monoisotopic (exact) mass is 249 g/mol. The smallest absolute Gasteiger partial charge is 0.308 e. The predicted molar refractivity (Wildman–Crippen MR) is 65.3 cm³/mol. The van der Waals surface area contributed by atoms with Crippen LogP contribution in [0, 0.1) is 11.8 Å². The van der Waals surface area contributed by atoms with Crippen LogP contribution >= 0.6 is 0 Å². The Hall–Kier alpha value is -2.11. The van der Waals surface area contributed by atoms with Crippen molar-refractivity contribution in [1.29, 1.82) is 0 Å². The summed E-state index contributed by atoms with van der Waals surface area (Å²) >= 11 is 0. The van der Waals surface area contributed by atoms with Gasteiger partial charge in [0.2, 0.25) is 0 Å². The molecule has 96 valence electrons. The molecule has 2 rings (SSSR count). The van der Waals surface area contributed by atoms with Crippen LogP contribution in [0.2, 0.25) is 0 Å². The second-order valence-corrected chi connectivity index (χ2v) is 4.57. The Balaban J connectivity index is 2.29. The van der Waals surface area contributed by atoms with Gasteiger partial charge in [0.1, 0.15) is 5.82 Å². The Morgan fingerprint density at radius 3 is 2.78 bits per heavy atom. The third-order valence-electron chi connectivity index (χ3n) is 3.28. The van der Waals surface area contributed by atoms with Gasteiger partial charge in [0.15, 0.2) is 0 Å². The van der Waals surface area contributed by atoms with E-state index < -0.39 is 17.8 Å². The number of pyridine rings is 1. The molecule has 2 atom stereocenters. The van der Waals surface area contributed by atoms with Gasteiger partial charge in [-0.3, -0.25) is 9.59 Å². The van der Waals surface area contributed by atoms with E-state index in [9.17, 15) is 9.59 Å². The second kappa shape index (κ2) is 4.64. The molecule has 1 amide bonds. The first kappa shape index (κ1) is 12.3. The normalized spacial score (nSPS) is 23.1. The van der Waals surface area contributed by atoms with Gasteiger partial charge in [-0.25, -0.2) is 4.98 Å². The number of carboxylic acids is 1. The maximum Gasteiger partial charge on any atom is 0.308 e. The molecular formula is C12H15N3O3. The SMILES string of the molecule is CC1CN(c2ncccc2C(N)=O)CC1C(=O)O. The number of hydrogen-bond donors (Lipinski definition) is 2. The summed E-state index contributed by atoms with van der Waals surface area (Å²) in [6, 6.07) is 3.24. The summed E-state index contributed by atoms with van der Waals surface area (Å²) in [6.07, 6.45) is 1.57. The summed E-state index contributed by atoms with van der Waals surface area (Å²) in [5.41, 5.74) is 5.62. The van der Waals surface area contributed by atoms with E-state index in [0.717, 1.165) is 0 Å². The van der Waals surface area contributed by atoms with Gasteiger partial charge in [-0.05, 0) is 18.1 Å². The van der Waals surface area contributed by atoms with Crippen molar-refractivity contribution < 1.29 is 14.7 Å². The van der Waals surface area contributed by atoms with E-state index in [0.29, 0.717) is 24.5 Å². The summed E-state index contributed by atoms with van der Waals surface area (Å²) in [5, 5.41) is 9.09. The van der Waals surface area contributed by atoms with Crippen LogP contribution in [0.3, 0.4) is 0 Å². The summed E-state index contributed by atoms with van der Waals surface area (Å²) in [7, 11) is 0. The molecule has 6 nitrogen and oxygen atoms in total. The lowest BCUT2D eigenvalue weighted by Gasteiger charge is -2.18. The molecule has 18 heavy (non-hydrogen) atoms. The van der Waals surface area contributed by atoms with E-state index in [1.807, 2.05) is 11.8 Å². The molecular weight excluding hydrogens is 234 g/mol. The molecule has 0 bridgehead atoms. The average molecular weight is 249 g/mol. The predicted octanol–water partition coefficient (Wildman–Crippen LogP) is 0.337. The van der Waals surface area contributed by atoms with Crippen molar-refractivity contribution in [1.82, 2.24) is 4.98 Å². The van der Waals surface area contributed by atoms with Crippen LogP contribution < -0.4 is 10.6 Å². The van der Waals surface area contributed by atoms with Gasteiger partial charge < -0.3 is 15.7 Å². The Bertz CT molecular complexity index is 489. The van der Waals surface area contributed by atoms with E-state index in [1.54, 1.807) is 18.3 Å². The molecule has 1 aromatic heterocycles. The number of nitrogens with two attached hydrogens (primary N) is 1. The summed E-state index contributed by atoms with van der Waals surface area (Å²) in [4.78, 5) is 28.3. The first-order valence-corrected chi connectivity index (χ1v) is 5.73. The second-order valence-electron chi connectivity index (χ2n) is 4.57. The van der Waals surface area contributed by atoms with Crippen molar-refractivity contribution in [3.05, 3.63) is 23.9 Å². The minimum absolute atomic E-state index is 0.0187. The highest BCUT2D eigenvalue weighted by Crippen LogP contribution is 2.28. The standard InChI is InChI=1S/C12H15N3O3/c1-7-5-15(6-9(7)12(17)18)11-8(10(13)16)3-2-4-14-11/h2-4,7,9H,5-6H2,1H3,(H2,13,16)(H,17,18). The highest BCUT2D eigenvalue weighted by Gasteiger charge is 2.36. The fourth-order valence-corrected chi connectivity index (χ4v) is 2.30. The van der Waals surface area contributed by atoms with Crippen LogP contribution in [0.5, 0.6) is 0 Å². The van der Waals surface area contributed by atoms with E-state index in [2.05, 4.69) is 4.98 Å². The lowest BCUT2D eigenvalue weighted by Crippen LogP contribution is -2.26. The van der Waals surface area contributed by atoms with Crippen molar-refractivity contribution in [2.75, 3.05) is 18.0 Å². The van der Waals surface area contributed by atoms with Gasteiger partial charge >= 0.3 is 5.97 Å². The van der Waals surface area contributed by atoms with Gasteiger partial charge in [0.05, 0.1) is 11.5 Å². The minimum atomic E-state index is -0.818. The Morgan fingerprint density at radius 2 is 2.22 bits per heavy atom. The number of aromatic nitrogens is 1. The van der Waals surface area contributed by atoms with Crippen molar-refractivity contribution >= 4 is 17.7 Å². The number of rotatable bonds is 3. The highest BCUT2D eigenvalue weighted by molar-refractivity contribution is 5.97. The number of nitrogens with zero attached hydrogens (tertiary/aromatic N) is 2. The first-order valence-electron chi connectivity index (χ1n) is 5.73. The molecule has 1 aromatic rings. The zero-order chi connectivity index (χ0) is 13.3. The van der Waals surface area contributed by atoms with Gasteiger partial charge in [0.25, 0.3) is 5.91 Å². The van der Waals surface area contributed by atoms with Crippen LogP contribution in [0.25, 0.3) is 0 Å². The molecule has 1 aliphatic heterocycles. The maximum atomic E-state index is 11.3. The molecule has 2 heterocycles. The maximum absolute atomic E-state index is 11.3. The number of carbonyl (C=O) groups excluding carboxylic acids is 1. The molecule has 1 fully saturated rings. The van der Waals surface area contributed by atoms with Crippen LogP contribution in [-0.2, 0) is 4.79 Å². The van der Waals surface area contributed by atoms with Gasteiger partial charge in [-0.1, -0.05) is 6.92 Å². The summed E-state index contributed by atoms with van der Waals surface area (Å²) < 4.78 is 0. The topological polar surface area (TPSA) is 96.5 Å². The van der Waals surface area contributed by atoms with E-state index >= 15 is 0 Å². The van der Waals surface area contributed by atoms with Crippen molar-refractivity contribution in [3.63, 3.8) is 0 Å². The molecule has 6 heteroatoms. The first-order chi connectivity index (χ1) is 8.50. The lowest BCUT2D eigenvalue weighted by molar-refractivity contribution is -0.142. The Morgan fingerprint density at radius 1 is 1.50 bits per heavy atom. The Labute approximate surface area is 104 Å². The fourth-order valence-electron chi connectivity index (χ4n) is 2.30. The van der Waals surface area contributed by atoms with E-state index in [4.69, 9.17) is 10.8 Å². The number of hydrogen-bond acceptors (Lipinski definition) is 4. The molecule has 0 aliphatic carbocycles. The van der Waals surface area contributed by atoms with Crippen LogP contribution in [0.4, 0.5) is 5.82 Å². The molecule has 0 saturated carbocycles.